The number of likely N-dealkylation sites (tertiary alicyclic amines) is 1. The Bertz CT molecular complexity index is 569. The van der Waals surface area contributed by atoms with Gasteiger partial charge in [0.25, 0.3) is 0 Å². The van der Waals surface area contributed by atoms with Crippen molar-refractivity contribution in [1.82, 2.24) is 4.90 Å². The van der Waals surface area contributed by atoms with E-state index in [0.717, 1.165) is 25.9 Å². The van der Waals surface area contributed by atoms with Crippen molar-refractivity contribution >= 4 is 23.4 Å². The Morgan fingerprint density at radius 3 is 2.29 bits per heavy atom. The summed E-state index contributed by atoms with van der Waals surface area (Å²) in [5.74, 6) is 0.331. The number of ether oxygens (including phenoxy) is 1. The summed E-state index contributed by atoms with van der Waals surface area (Å²) >= 11 is 5.85. The fraction of sp³-hybridized carbons (Fsp3) is 0.579. The quantitative estimate of drug-likeness (QED) is 0.595. The molecule has 0 bridgehead atoms. The number of hydrogen-bond acceptors (Lipinski definition) is 4. The Balaban J connectivity index is 1.75. The zero-order valence-electron chi connectivity index (χ0n) is 14.7. The highest BCUT2D eigenvalue weighted by Gasteiger charge is 2.25. The first-order chi connectivity index (χ1) is 11.2. The number of halogens is 1. The van der Waals surface area contributed by atoms with Crippen molar-refractivity contribution in [3.63, 3.8) is 0 Å². The lowest BCUT2D eigenvalue weighted by molar-refractivity contribution is -0.156. The van der Waals surface area contributed by atoms with Crippen molar-refractivity contribution < 1.29 is 14.3 Å². The van der Waals surface area contributed by atoms with Gasteiger partial charge in [-0.1, -0.05) is 11.6 Å². The van der Waals surface area contributed by atoms with Gasteiger partial charge in [0.05, 0.1) is 6.54 Å². The van der Waals surface area contributed by atoms with Gasteiger partial charge in [0.1, 0.15) is 5.60 Å². The zero-order chi connectivity index (χ0) is 17.7. The van der Waals surface area contributed by atoms with Crippen LogP contribution in [0.15, 0.2) is 24.3 Å². The fourth-order valence-electron chi connectivity index (χ4n) is 2.90. The summed E-state index contributed by atoms with van der Waals surface area (Å²) in [4.78, 5) is 26.3. The highest BCUT2D eigenvalue weighted by atomic mass is 35.5. The van der Waals surface area contributed by atoms with E-state index in [9.17, 15) is 9.59 Å². The molecule has 0 saturated carbocycles. The Kier molecular flexibility index (Phi) is 6.41. The molecule has 132 valence electrons. The third-order valence-corrected chi connectivity index (χ3v) is 4.37. The number of esters is 1. The van der Waals surface area contributed by atoms with Crippen LogP contribution in [0.2, 0.25) is 5.02 Å². The monoisotopic (exact) mass is 351 g/mol. The van der Waals surface area contributed by atoms with Gasteiger partial charge in [-0.05, 0) is 76.9 Å². The van der Waals surface area contributed by atoms with Crippen LogP contribution in [0.25, 0.3) is 0 Å². The number of hydrogen-bond donors (Lipinski definition) is 0. The van der Waals surface area contributed by atoms with E-state index in [4.69, 9.17) is 16.3 Å². The normalized spacial score (nSPS) is 16.8. The minimum atomic E-state index is -0.428. The number of piperidine rings is 1. The van der Waals surface area contributed by atoms with Crippen molar-refractivity contribution in [1.29, 1.82) is 0 Å². The van der Waals surface area contributed by atoms with Crippen LogP contribution in [0.3, 0.4) is 0 Å². The van der Waals surface area contributed by atoms with Gasteiger partial charge < -0.3 is 4.74 Å². The van der Waals surface area contributed by atoms with E-state index >= 15 is 0 Å². The van der Waals surface area contributed by atoms with E-state index in [2.05, 4.69) is 4.90 Å². The van der Waals surface area contributed by atoms with E-state index in [1.54, 1.807) is 24.3 Å². The summed E-state index contributed by atoms with van der Waals surface area (Å²) in [5, 5.41) is 0.634. The van der Waals surface area contributed by atoms with Crippen LogP contribution in [0.4, 0.5) is 0 Å². The topological polar surface area (TPSA) is 46.6 Å². The predicted octanol–water partition coefficient (Wildman–Crippen LogP) is 3.97. The highest BCUT2D eigenvalue weighted by Crippen LogP contribution is 2.22. The summed E-state index contributed by atoms with van der Waals surface area (Å²) in [6.07, 6.45) is 2.32. The average Bonchev–Trinajstić information content (AvgIpc) is 2.48. The molecule has 0 amide bonds. The molecule has 0 radical (unpaired) electrons. The number of benzene rings is 1. The zero-order valence-corrected chi connectivity index (χ0v) is 15.4. The molecule has 1 saturated heterocycles. The first-order valence-corrected chi connectivity index (χ1v) is 8.84. The van der Waals surface area contributed by atoms with Crippen molar-refractivity contribution in [2.24, 2.45) is 5.92 Å². The standard InChI is InChI=1S/C19H26ClNO3/c1-19(2,3)24-18(23)12-14-8-10-21(11-9-14)13-17(22)15-4-6-16(20)7-5-15/h4-7,14H,8-13H2,1-3H3. The van der Waals surface area contributed by atoms with Crippen molar-refractivity contribution in [3.8, 4) is 0 Å². The fourth-order valence-corrected chi connectivity index (χ4v) is 3.02. The largest absolute Gasteiger partial charge is 0.460 e. The minimum Gasteiger partial charge on any atom is -0.460 e. The van der Waals surface area contributed by atoms with Gasteiger partial charge in [0.15, 0.2) is 5.78 Å². The molecule has 0 unspecified atom stereocenters. The Morgan fingerprint density at radius 2 is 1.75 bits per heavy atom. The molecule has 0 spiro atoms. The van der Waals surface area contributed by atoms with E-state index in [1.165, 1.54) is 0 Å². The average molecular weight is 352 g/mol. The number of rotatable bonds is 5. The molecule has 0 N–H and O–H groups in total. The smallest absolute Gasteiger partial charge is 0.306 e. The number of nitrogens with zero attached hydrogens (tertiary/aromatic N) is 1. The predicted molar refractivity (Wildman–Crippen MR) is 95.4 cm³/mol. The van der Waals surface area contributed by atoms with Crippen molar-refractivity contribution in [3.05, 3.63) is 34.9 Å². The molecular weight excluding hydrogens is 326 g/mol. The minimum absolute atomic E-state index is 0.109. The second-order valence-electron chi connectivity index (χ2n) is 7.44. The second kappa shape index (κ2) is 8.13. The van der Waals surface area contributed by atoms with Crippen molar-refractivity contribution in [2.45, 2.75) is 45.6 Å². The molecule has 0 atom stereocenters. The molecule has 4 nitrogen and oxygen atoms in total. The molecule has 1 aliphatic heterocycles. The maximum atomic E-state index is 12.3. The van der Waals surface area contributed by atoms with Gasteiger partial charge in [0.2, 0.25) is 0 Å². The molecular formula is C19H26ClNO3. The van der Waals surface area contributed by atoms with Crippen LogP contribution in [0.5, 0.6) is 0 Å². The third-order valence-electron chi connectivity index (χ3n) is 4.12. The van der Waals surface area contributed by atoms with Gasteiger partial charge >= 0.3 is 5.97 Å². The lowest BCUT2D eigenvalue weighted by Gasteiger charge is -2.31. The lowest BCUT2D eigenvalue weighted by atomic mass is 9.93. The molecule has 5 heteroatoms. The first-order valence-electron chi connectivity index (χ1n) is 8.46. The molecule has 0 aliphatic carbocycles. The van der Waals surface area contributed by atoms with Crippen LogP contribution in [0.1, 0.15) is 50.4 Å². The third kappa shape index (κ3) is 6.25. The van der Waals surface area contributed by atoms with Gasteiger partial charge in [-0.2, -0.15) is 0 Å². The molecule has 0 aromatic heterocycles. The number of ketones is 1. The Hall–Kier alpha value is -1.39. The summed E-state index contributed by atoms with van der Waals surface area (Å²) < 4.78 is 5.38. The van der Waals surface area contributed by atoms with Crippen LogP contribution in [-0.4, -0.2) is 41.9 Å². The molecule has 1 aromatic carbocycles. The summed E-state index contributed by atoms with van der Waals surface area (Å²) in [5.41, 5.74) is 0.262. The molecule has 1 aliphatic rings. The second-order valence-corrected chi connectivity index (χ2v) is 7.88. The Labute approximate surface area is 149 Å². The summed E-state index contributed by atoms with van der Waals surface area (Å²) in [7, 11) is 0. The van der Waals surface area contributed by atoms with E-state index in [1.807, 2.05) is 20.8 Å². The highest BCUT2D eigenvalue weighted by molar-refractivity contribution is 6.30. The molecule has 1 fully saturated rings. The molecule has 1 heterocycles. The summed E-state index contributed by atoms with van der Waals surface area (Å²) in [6, 6.07) is 7.00. The van der Waals surface area contributed by atoms with Gasteiger partial charge in [-0.25, -0.2) is 0 Å². The number of carbonyl (C=O) groups excluding carboxylic acids is 2. The molecule has 24 heavy (non-hydrogen) atoms. The SMILES string of the molecule is CC(C)(C)OC(=O)CC1CCN(CC(=O)c2ccc(Cl)cc2)CC1. The van der Waals surface area contributed by atoms with E-state index < -0.39 is 5.60 Å². The molecule has 1 aromatic rings. The lowest BCUT2D eigenvalue weighted by Crippen LogP contribution is -2.38. The van der Waals surface area contributed by atoms with Gasteiger partial charge in [-0.15, -0.1) is 0 Å². The van der Waals surface area contributed by atoms with Crippen LogP contribution < -0.4 is 0 Å². The Morgan fingerprint density at radius 1 is 1.17 bits per heavy atom. The maximum absolute atomic E-state index is 12.3. The van der Waals surface area contributed by atoms with Crippen LogP contribution in [0, 0.1) is 5.92 Å². The first kappa shape index (κ1) is 18.9. The van der Waals surface area contributed by atoms with E-state index in [0.29, 0.717) is 29.5 Å². The van der Waals surface area contributed by atoms with Crippen LogP contribution in [-0.2, 0) is 9.53 Å². The maximum Gasteiger partial charge on any atom is 0.306 e. The van der Waals surface area contributed by atoms with E-state index in [-0.39, 0.29) is 11.8 Å². The summed E-state index contributed by atoms with van der Waals surface area (Å²) in [6.45, 7) is 7.75. The number of Topliss-reactive ketones (excluding diaryl/α,β-unsaturated/α-hetero) is 1. The van der Waals surface area contributed by atoms with Gasteiger partial charge in [-0.3, -0.25) is 14.5 Å². The number of carbonyl (C=O) groups is 2. The van der Waals surface area contributed by atoms with Crippen molar-refractivity contribution in [2.75, 3.05) is 19.6 Å². The van der Waals surface area contributed by atoms with Crippen LogP contribution >= 0.6 is 11.6 Å². The van der Waals surface area contributed by atoms with Gasteiger partial charge in [0, 0.05) is 17.0 Å². The molecule has 2 rings (SSSR count).